The first-order valence-electron chi connectivity index (χ1n) is 12.1. The summed E-state index contributed by atoms with van der Waals surface area (Å²) in [5.41, 5.74) is 3.43. The summed E-state index contributed by atoms with van der Waals surface area (Å²) in [6.07, 6.45) is 2.36. The Morgan fingerprint density at radius 3 is 1.70 bits per heavy atom. The van der Waals surface area contributed by atoms with Crippen molar-refractivity contribution in [1.82, 2.24) is 0 Å². The van der Waals surface area contributed by atoms with Crippen molar-refractivity contribution in [2.75, 3.05) is 19.6 Å². The van der Waals surface area contributed by atoms with Crippen molar-refractivity contribution < 1.29 is 13.4 Å². The number of nitrogens with zero attached hydrogens (tertiary/aromatic N) is 1. The van der Waals surface area contributed by atoms with Crippen LogP contribution >= 0.6 is 16.1 Å². The Hall–Kier alpha value is -1.98. The van der Waals surface area contributed by atoms with Crippen LogP contribution in [-0.2, 0) is 11.3 Å². The van der Waals surface area contributed by atoms with Crippen LogP contribution in [0.2, 0.25) is 0 Å². The number of piperidine rings is 3. The normalized spacial score (nSPS) is 26.3. The van der Waals surface area contributed by atoms with E-state index < -0.39 is 6.10 Å². The minimum absolute atomic E-state index is 0.00375. The molecule has 3 fully saturated rings. The summed E-state index contributed by atoms with van der Waals surface area (Å²) in [5.74, 6) is -0.130. The molecule has 2 atom stereocenters. The van der Waals surface area contributed by atoms with Crippen LogP contribution in [0.4, 0.5) is 0 Å². The van der Waals surface area contributed by atoms with E-state index in [0.717, 1.165) is 59.1 Å². The lowest BCUT2D eigenvalue weighted by molar-refractivity contribution is -0.805. The highest BCUT2D eigenvalue weighted by Gasteiger charge is 2.55. The number of quaternary nitrogens is 1. The molecule has 0 aliphatic carbocycles. The second kappa shape index (κ2) is 9.71. The van der Waals surface area contributed by atoms with Crippen molar-refractivity contribution >= 4 is 16.1 Å². The van der Waals surface area contributed by atoms with Crippen LogP contribution in [0.3, 0.4) is 0 Å². The number of rotatable bonds is 8. The Bertz CT molecular complexity index is 963. The van der Waals surface area contributed by atoms with Gasteiger partial charge in [0.1, 0.15) is 0 Å². The summed E-state index contributed by atoms with van der Waals surface area (Å²) >= 11 is 3.96. The molecule has 172 valence electrons. The molecule has 0 saturated carbocycles. The van der Waals surface area contributed by atoms with E-state index in [1.165, 1.54) is 0 Å². The van der Waals surface area contributed by atoms with Crippen LogP contribution in [0.15, 0.2) is 91.0 Å². The maximum atomic E-state index is 12.1. The van der Waals surface area contributed by atoms with Crippen LogP contribution in [0.5, 0.6) is 0 Å². The van der Waals surface area contributed by atoms with Crippen molar-refractivity contribution in [2.24, 2.45) is 5.41 Å². The van der Waals surface area contributed by atoms with E-state index >= 15 is 0 Å². The summed E-state index contributed by atoms with van der Waals surface area (Å²) in [6.45, 7) is 3.81. The Morgan fingerprint density at radius 2 is 1.21 bits per heavy atom. The Labute approximate surface area is 206 Å². The van der Waals surface area contributed by atoms with Gasteiger partial charge in [-0.05, 0) is 16.7 Å². The topological polar surface area (TPSA) is 29.5 Å². The average Bonchev–Trinajstić information content (AvgIpc) is 2.87. The molecule has 2 unspecified atom stereocenters. The molecule has 3 aromatic rings. The molecule has 4 heteroatoms. The smallest absolute Gasteiger partial charge is 0.227 e. The predicted octanol–water partition coefficient (Wildman–Crippen LogP) is 6.08. The third-order valence-electron chi connectivity index (χ3n) is 7.88. The van der Waals surface area contributed by atoms with Gasteiger partial charge in [0.15, 0.2) is 0 Å². The number of hydrogen-bond donors (Lipinski definition) is 1. The Kier molecular flexibility index (Phi) is 6.71. The minimum atomic E-state index is -0.632. The lowest BCUT2D eigenvalue weighted by Crippen LogP contribution is -2.62. The number of ether oxygens (including phenoxy) is 1. The van der Waals surface area contributed by atoms with E-state index in [-0.39, 0.29) is 17.4 Å². The summed E-state index contributed by atoms with van der Waals surface area (Å²) in [6, 6.07) is 31.2. The second-order valence-corrected chi connectivity index (χ2v) is 11.3. The highest BCUT2D eigenvalue weighted by Crippen LogP contribution is 2.51. The zero-order chi connectivity index (χ0) is 22.7. The van der Waals surface area contributed by atoms with Crippen molar-refractivity contribution in [3.05, 3.63) is 108 Å². The number of aliphatic hydroxyl groups is 1. The van der Waals surface area contributed by atoms with Crippen LogP contribution in [0.25, 0.3) is 0 Å². The molecule has 3 nitrogen and oxygen atoms in total. The van der Waals surface area contributed by atoms with Gasteiger partial charge in [0.25, 0.3) is 0 Å². The van der Waals surface area contributed by atoms with Crippen LogP contribution in [0.1, 0.15) is 41.9 Å². The van der Waals surface area contributed by atoms with Crippen molar-refractivity contribution in [2.45, 2.75) is 44.0 Å². The molecule has 0 spiro atoms. The zero-order valence-corrected chi connectivity index (χ0v) is 20.6. The Balaban J connectivity index is 1.51. The van der Waals surface area contributed by atoms with E-state index in [2.05, 4.69) is 88.9 Å². The van der Waals surface area contributed by atoms with Crippen molar-refractivity contribution in [3.63, 3.8) is 0 Å². The molecular formula is C29H33BrNO2+. The Morgan fingerprint density at radius 1 is 0.758 bits per heavy atom. The number of aliphatic hydroxyl groups excluding tert-OH is 1. The van der Waals surface area contributed by atoms with Gasteiger partial charge in [-0.15, -0.1) is 0 Å². The third kappa shape index (κ3) is 4.81. The zero-order valence-electron chi connectivity index (χ0n) is 19.0. The predicted molar refractivity (Wildman–Crippen MR) is 136 cm³/mol. The molecule has 3 aliphatic rings. The van der Waals surface area contributed by atoms with Gasteiger partial charge in [0.2, 0.25) is 16.1 Å². The van der Waals surface area contributed by atoms with Crippen LogP contribution in [0, 0.1) is 5.41 Å². The fourth-order valence-corrected chi connectivity index (χ4v) is 6.42. The summed E-state index contributed by atoms with van der Waals surface area (Å²) in [5, 5.41) is 12.1. The number of fused-ring (bicyclic) bond motifs is 3. The molecule has 0 aromatic heterocycles. The highest BCUT2D eigenvalue weighted by molar-refractivity contribution is 9.05. The van der Waals surface area contributed by atoms with Gasteiger partial charge < -0.3 is 9.84 Å². The number of hydrogen-bond acceptors (Lipinski definition) is 2. The molecular weight excluding hydrogens is 474 g/mol. The van der Waals surface area contributed by atoms with Gasteiger partial charge in [-0.2, -0.15) is 0 Å². The summed E-state index contributed by atoms with van der Waals surface area (Å²) in [4.78, 5) is 0. The molecule has 3 aromatic carbocycles. The van der Waals surface area contributed by atoms with Gasteiger partial charge >= 0.3 is 0 Å². The van der Waals surface area contributed by atoms with Gasteiger partial charge in [0, 0.05) is 30.6 Å². The lowest BCUT2D eigenvalue weighted by atomic mass is 9.64. The molecule has 3 aliphatic heterocycles. The molecule has 1 N–H and O–H groups in total. The van der Waals surface area contributed by atoms with Crippen molar-refractivity contribution in [1.29, 1.82) is 0 Å². The quantitative estimate of drug-likeness (QED) is 0.375. The summed E-state index contributed by atoms with van der Waals surface area (Å²) in [7, 11) is 0. The van der Waals surface area contributed by atoms with Gasteiger partial charge in [-0.25, -0.2) is 0 Å². The second-order valence-electron chi connectivity index (χ2n) is 9.82. The maximum Gasteiger partial charge on any atom is 0.227 e. The molecule has 3 saturated heterocycles. The van der Waals surface area contributed by atoms with Gasteiger partial charge in [-0.1, -0.05) is 91.0 Å². The largest absolute Gasteiger partial charge is 0.389 e. The third-order valence-corrected chi connectivity index (χ3v) is 8.94. The van der Waals surface area contributed by atoms with E-state index in [1.54, 1.807) is 0 Å². The standard InChI is InChI=1S/C29H33BrNO2/c30-31-19-16-29(17-20-31,18-21-31)28(33-22-23-10-4-1-5-11-23)27(32)26(24-12-6-2-7-13-24)25-14-8-3-9-15-25/h1-15,26-28,32H,16-22H2/q+1. The monoisotopic (exact) mass is 506 g/mol. The van der Waals surface area contributed by atoms with Gasteiger partial charge in [0.05, 0.1) is 38.4 Å². The molecule has 33 heavy (non-hydrogen) atoms. The average molecular weight is 507 g/mol. The first-order valence-corrected chi connectivity index (χ1v) is 12.8. The van der Waals surface area contributed by atoms with E-state index in [4.69, 9.17) is 4.74 Å². The first kappa shape index (κ1) is 22.8. The van der Waals surface area contributed by atoms with Crippen LogP contribution < -0.4 is 0 Å². The SMILES string of the molecule is OC(C(c1ccccc1)c1ccccc1)C(OCc1ccccc1)C12CC[N+](Br)(CC1)CC2. The minimum Gasteiger partial charge on any atom is -0.389 e. The van der Waals surface area contributed by atoms with E-state index in [9.17, 15) is 5.11 Å². The van der Waals surface area contributed by atoms with Gasteiger partial charge in [-0.3, -0.25) is 3.51 Å². The molecule has 3 heterocycles. The fraction of sp³-hybridized carbons (Fsp3) is 0.379. The molecule has 0 amide bonds. The molecule has 0 radical (unpaired) electrons. The highest BCUT2D eigenvalue weighted by atomic mass is 79.9. The van der Waals surface area contributed by atoms with Crippen molar-refractivity contribution in [3.8, 4) is 0 Å². The molecule has 2 bridgehead atoms. The fourth-order valence-electron chi connectivity index (χ4n) is 5.89. The number of halogens is 1. The molecule has 6 rings (SSSR count). The maximum absolute atomic E-state index is 12.1. The summed E-state index contributed by atoms with van der Waals surface area (Å²) < 4.78 is 7.72. The number of benzene rings is 3. The van der Waals surface area contributed by atoms with E-state index in [0.29, 0.717) is 6.61 Å². The van der Waals surface area contributed by atoms with E-state index in [1.807, 2.05) is 18.2 Å². The first-order chi connectivity index (χ1) is 16.1. The van der Waals surface area contributed by atoms with Crippen LogP contribution in [-0.4, -0.2) is 40.5 Å². The lowest BCUT2D eigenvalue weighted by Gasteiger charge is -2.55.